The van der Waals surface area contributed by atoms with Gasteiger partial charge in [0.1, 0.15) is 5.75 Å². The van der Waals surface area contributed by atoms with Crippen molar-refractivity contribution in [3.05, 3.63) is 57.6 Å². The first-order valence-electron chi connectivity index (χ1n) is 7.90. The summed E-state index contributed by atoms with van der Waals surface area (Å²) >= 11 is 3.47. The average molecular weight is 402 g/mol. The standard InChI is InChI=1S/C19H16BrNO4/c1-21-14-6-4-3-5-11(14)19(24,18(21)23)12-9-10-13(20)7-8-15(25-2)16(10)17(12)22/h3-8,12,24H,9H2,1-2H3/t12-,19+/m0/s1. The summed E-state index contributed by atoms with van der Waals surface area (Å²) < 4.78 is 6.10. The Morgan fingerprint density at radius 3 is 2.68 bits per heavy atom. The van der Waals surface area contributed by atoms with Gasteiger partial charge in [-0.25, -0.2) is 0 Å². The summed E-state index contributed by atoms with van der Waals surface area (Å²) in [6.45, 7) is 0. The van der Waals surface area contributed by atoms with E-state index in [4.69, 9.17) is 4.74 Å². The molecule has 2 atom stereocenters. The Hall–Kier alpha value is -2.18. The number of methoxy groups -OCH3 is 1. The lowest BCUT2D eigenvalue weighted by Gasteiger charge is -2.27. The molecule has 2 aromatic carbocycles. The van der Waals surface area contributed by atoms with Crippen molar-refractivity contribution < 1.29 is 19.4 Å². The maximum absolute atomic E-state index is 13.2. The number of carbonyl (C=O) groups excluding carboxylic acids is 2. The van der Waals surface area contributed by atoms with Gasteiger partial charge in [-0.05, 0) is 30.2 Å². The van der Waals surface area contributed by atoms with Crippen LogP contribution >= 0.6 is 15.9 Å². The number of anilines is 1. The number of likely N-dealkylation sites (N-methyl/N-ethyl adjacent to an activating group) is 1. The Bertz CT molecular complexity index is 926. The molecule has 5 nitrogen and oxygen atoms in total. The molecule has 1 N–H and O–H groups in total. The lowest BCUT2D eigenvalue weighted by molar-refractivity contribution is -0.139. The summed E-state index contributed by atoms with van der Waals surface area (Å²) in [5, 5.41) is 11.4. The Balaban J connectivity index is 1.88. The van der Waals surface area contributed by atoms with Crippen LogP contribution in [0.5, 0.6) is 5.75 Å². The molecule has 0 spiro atoms. The van der Waals surface area contributed by atoms with Crippen LogP contribution in [0.4, 0.5) is 5.69 Å². The minimum absolute atomic E-state index is 0.269. The highest BCUT2D eigenvalue weighted by Crippen LogP contribution is 2.50. The van der Waals surface area contributed by atoms with E-state index >= 15 is 0 Å². The van der Waals surface area contributed by atoms with Crippen molar-refractivity contribution in [3.63, 3.8) is 0 Å². The van der Waals surface area contributed by atoms with Crippen LogP contribution in [0.3, 0.4) is 0 Å². The molecule has 6 heteroatoms. The highest BCUT2D eigenvalue weighted by atomic mass is 79.9. The Morgan fingerprint density at radius 1 is 1.24 bits per heavy atom. The third-order valence-electron chi connectivity index (χ3n) is 5.22. The van der Waals surface area contributed by atoms with Crippen molar-refractivity contribution in [2.24, 2.45) is 5.92 Å². The van der Waals surface area contributed by atoms with Crippen LogP contribution < -0.4 is 9.64 Å². The van der Waals surface area contributed by atoms with E-state index in [-0.39, 0.29) is 12.2 Å². The van der Waals surface area contributed by atoms with Gasteiger partial charge in [-0.1, -0.05) is 34.1 Å². The fourth-order valence-electron chi connectivity index (χ4n) is 3.95. The molecular weight excluding hydrogens is 386 g/mol. The average Bonchev–Trinajstić information content (AvgIpc) is 3.07. The monoisotopic (exact) mass is 401 g/mol. The summed E-state index contributed by atoms with van der Waals surface area (Å²) in [5.41, 5.74) is 0.442. The van der Waals surface area contributed by atoms with Crippen molar-refractivity contribution in [2.75, 3.05) is 19.1 Å². The quantitative estimate of drug-likeness (QED) is 0.839. The molecule has 2 aliphatic rings. The molecule has 1 aliphatic carbocycles. The molecule has 2 aromatic rings. The van der Waals surface area contributed by atoms with E-state index in [0.717, 1.165) is 10.0 Å². The van der Waals surface area contributed by atoms with Crippen LogP contribution in [0.1, 0.15) is 21.5 Å². The number of rotatable bonds is 2. The van der Waals surface area contributed by atoms with Gasteiger partial charge in [-0.2, -0.15) is 0 Å². The minimum atomic E-state index is -1.87. The van der Waals surface area contributed by atoms with Crippen LogP contribution in [0.25, 0.3) is 0 Å². The maximum Gasteiger partial charge on any atom is 0.264 e. The highest BCUT2D eigenvalue weighted by Gasteiger charge is 2.58. The van der Waals surface area contributed by atoms with Gasteiger partial charge in [0.05, 0.1) is 24.3 Å². The first-order valence-corrected chi connectivity index (χ1v) is 8.70. The van der Waals surface area contributed by atoms with Gasteiger partial charge in [-0.3, -0.25) is 9.59 Å². The van der Waals surface area contributed by atoms with Crippen molar-refractivity contribution in [1.29, 1.82) is 0 Å². The predicted octanol–water partition coefficient (Wildman–Crippen LogP) is 2.68. The van der Waals surface area contributed by atoms with Gasteiger partial charge >= 0.3 is 0 Å². The Kier molecular flexibility index (Phi) is 3.53. The fraction of sp³-hybridized carbons (Fsp3) is 0.263. The number of benzene rings is 2. The van der Waals surface area contributed by atoms with Gasteiger partial charge < -0.3 is 14.7 Å². The normalized spacial score (nSPS) is 24.5. The summed E-state index contributed by atoms with van der Waals surface area (Å²) in [7, 11) is 3.12. The maximum atomic E-state index is 13.2. The zero-order valence-corrected chi connectivity index (χ0v) is 15.3. The van der Waals surface area contributed by atoms with Gasteiger partial charge in [-0.15, -0.1) is 0 Å². The lowest BCUT2D eigenvalue weighted by Crippen LogP contribution is -2.46. The number of para-hydroxylation sites is 1. The van der Waals surface area contributed by atoms with Gasteiger partial charge in [0, 0.05) is 17.1 Å². The number of aliphatic hydroxyl groups is 1. The van der Waals surface area contributed by atoms with Crippen LogP contribution in [0.2, 0.25) is 0 Å². The van der Waals surface area contributed by atoms with Gasteiger partial charge in [0.2, 0.25) is 0 Å². The van der Waals surface area contributed by atoms with E-state index in [1.807, 2.05) is 6.07 Å². The molecule has 0 saturated heterocycles. The summed E-state index contributed by atoms with van der Waals surface area (Å²) in [5.74, 6) is -1.17. The number of hydrogen-bond donors (Lipinski definition) is 1. The number of halogens is 1. The van der Waals surface area contributed by atoms with Crippen molar-refractivity contribution >= 4 is 33.3 Å². The molecule has 0 aromatic heterocycles. The second kappa shape index (κ2) is 5.41. The molecule has 0 radical (unpaired) electrons. The number of ether oxygens (including phenoxy) is 1. The van der Waals surface area contributed by atoms with Crippen molar-refractivity contribution in [3.8, 4) is 5.75 Å². The predicted molar refractivity (Wildman–Crippen MR) is 96.0 cm³/mol. The first kappa shape index (κ1) is 16.3. The molecule has 0 fully saturated rings. The van der Waals surface area contributed by atoms with E-state index < -0.39 is 17.4 Å². The number of nitrogens with zero attached hydrogens (tertiary/aromatic N) is 1. The lowest BCUT2D eigenvalue weighted by atomic mass is 9.79. The first-order chi connectivity index (χ1) is 11.9. The third kappa shape index (κ3) is 1.98. The van der Waals surface area contributed by atoms with Crippen molar-refractivity contribution in [2.45, 2.75) is 12.0 Å². The zero-order valence-electron chi connectivity index (χ0n) is 13.7. The number of fused-ring (bicyclic) bond motifs is 2. The minimum Gasteiger partial charge on any atom is -0.496 e. The molecule has 25 heavy (non-hydrogen) atoms. The molecule has 1 aliphatic heterocycles. The second-order valence-corrected chi connectivity index (χ2v) is 7.23. The summed E-state index contributed by atoms with van der Waals surface area (Å²) in [6, 6.07) is 10.6. The van der Waals surface area contributed by atoms with Crippen LogP contribution in [0, 0.1) is 5.92 Å². The molecule has 0 unspecified atom stereocenters. The summed E-state index contributed by atoms with van der Waals surface area (Å²) in [4.78, 5) is 27.5. The van der Waals surface area contributed by atoms with Crippen LogP contribution in [-0.4, -0.2) is 31.0 Å². The number of Topliss-reactive ketones (excluding diaryl/α,β-unsaturated/α-hetero) is 1. The van der Waals surface area contributed by atoms with Gasteiger partial charge in [0.25, 0.3) is 5.91 Å². The molecule has 128 valence electrons. The van der Waals surface area contributed by atoms with Crippen molar-refractivity contribution in [1.82, 2.24) is 0 Å². The smallest absolute Gasteiger partial charge is 0.264 e. The van der Waals surface area contributed by atoms with E-state index in [1.165, 1.54) is 12.0 Å². The SMILES string of the molecule is COc1ccc(Br)c2c1C(=O)[C@@H]([C@@]1(O)C(=O)N(C)c3ccccc31)C2. The van der Waals surface area contributed by atoms with E-state index in [1.54, 1.807) is 37.4 Å². The molecule has 0 bridgehead atoms. The number of carbonyl (C=O) groups is 2. The molecular formula is C19H16BrNO4. The number of ketones is 1. The summed E-state index contributed by atoms with van der Waals surface area (Å²) in [6.07, 6.45) is 0.274. The Labute approximate surface area is 153 Å². The molecule has 4 rings (SSSR count). The zero-order chi connectivity index (χ0) is 17.9. The van der Waals surface area contributed by atoms with Crippen LogP contribution in [0.15, 0.2) is 40.9 Å². The Morgan fingerprint density at radius 2 is 1.96 bits per heavy atom. The topological polar surface area (TPSA) is 66.8 Å². The third-order valence-corrected chi connectivity index (χ3v) is 5.96. The van der Waals surface area contributed by atoms with E-state index in [0.29, 0.717) is 22.6 Å². The van der Waals surface area contributed by atoms with Crippen LogP contribution in [-0.2, 0) is 16.8 Å². The molecule has 1 amide bonds. The number of hydrogen-bond acceptors (Lipinski definition) is 4. The van der Waals surface area contributed by atoms with E-state index in [9.17, 15) is 14.7 Å². The van der Waals surface area contributed by atoms with Gasteiger partial charge in [0.15, 0.2) is 11.4 Å². The second-order valence-electron chi connectivity index (χ2n) is 6.37. The molecule has 1 heterocycles. The highest BCUT2D eigenvalue weighted by molar-refractivity contribution is 9.10. The fourth-order valence-corrected chi connectivity index (χ4v) is 4.45. The largest absolute Gasteiger partial charge is 0.496 e. The van der Waals surface area contributed by atoms with E-state index in [2.05, 4.69) is 15.9 Å². The molecule has 0 saturated carbocycles. The number of amides is 1.